The number of hydrogen-bond acceptors (Lipinski definition) is 5. The van der Waals surface area contributed by atoms with Gasteiger partial charge in [-0.1, -0.05) is 35.0 Å². The van der Waals surface area contributed by atoms with Crippen LogP contribution in [0.4, 0.5) is 5.69 Å². The van der Waals surface area contributed by atoms with Crippen molar-refractivity contribution in [2.24, 2.45) is 0 Å². The number of amides is 1. The maximum absolute atomic E-state index is 13.5. The Bertz CT molecular complexity index is 1150. The highest BCUT2D eigenvalue weighted by Gasteiger charge is 2.55. The third-order valence-corrected chi connectivity index (χ3v) is 6.83. The number of hydrogen-bond donors (Lipinski definition) is 0. The first-order valence-corrected chi connectivity index (χ1v) is 11.3. The lowest BCUT2D eigenvalue weighted by molar-refractivity contribution is -0.134. The number of aromatic nitrogens is 1. The summed E-state index contributed by atoms with van der Waals surface area (Å²) in [4.78, 5) is 17.8. The van der Waals surface area contributed by atoms with Crippen molar-refractivity contribution in [3.63, 3.8) is 0 Å². The lowest BCUT2D eigenvalue weighted by Gasteiger charge is -2.38. The Hall–Kier alpha value is -2.99. The Morgan fingerprint density at radius 1 is 1.09 bits per heavy atom. The minimum absolute atomic E-state index is 0.158. The van der Waals surface area contributed by atoms with Crippen LogP contribution in [0.1, 0.15) is 24.1 Å². The van der Waals surface area contributed by atoms with Crippen molar-refractivity contribution in [3.8, 4) is 17.1 Å². The van der Waals surface area contributed by atoms with E-state index in [1.807, 2.05) is 53.4 Å². The van der Waals surface area contributed by atoms with Crippen molar-refractivity contribution in [1.29, 1.82) is 0 Å². The van der Waals surface area contributed by atoms with Gasteiger partial charge in [0.1, 0.15) is 5.75 Å². The molecule has 1 saturated carbocycles. The van der Waals surface area contributed by atoms with Gasteiger partial charge in [0.15, 0.2) is 5.76 Å². The number of methoxy groups -OCH3 is 1. The van der Waals surface area contributed by atoms with Crippen LogP contribution in [0.5, 0.6) is 5.75 Å². The van der Waals surface area contributed by atoms with Crippen LogP contribution in [-0.4, -0.2) is 49.3 Å². The molecule has 1 aromatic heterocycles. The second-order valence-electron chi connectivity index (χ2n) is 8.60. The predicted molar refractivity (Wildman–Crippen MR) is 124 cm³/mol. The van der Waals surface area contributed by atoms with Gasteiger partial charge in [-0.3, -0.25) is 4.79 Å². The number of halogens is 1. The summed E-state index contributed by atoms with van der Waals surface area (Å²) in [5.41, 5.74) is 3.41. The molecule has 1 aliphatic carbocycles. The number of anilines is 1. The predicted octanol–water partition coefficient (Wildman–Crippen LogP) is 4.69. The van der Waals surface area contributed by atoms with Crippen molar-refractivity contribution in [3.05, 3.63) is 64.8 Å². The van der Waals surface area contributed by atoms with E-state index in [2.05, 4.69) is 17.0 Å². The summed E-state index contributed by atoms with van der Waals surface area (Å²) >= 11 is 6.20. The molecule has 5 rings (SSSR count). The van der Waals surface area contributed by atoms with Crippen molar-refractivity contribution in [2.45, 2.75) is 25.2 Å². The molecule has 2 aliphatic rings. The molecule has 1 saturated heterocycles. The summed E-state index contributed by atoms with van der Waals surface area (Å²) in [5, 5.41) is 5.03. The summed E-state index contributed by atoms with van der Waals surface area (Å²) in [5.74, 6) is 1.56. The van der Waals surface area contributed by atoms with Gasteiger partial charge in [0, 0.05) is 48.5 Å². The molecule has 32 heavy (non-hydrogen) atoms. The molecule has 2 heterocycles. The molecule has 0 bridgehead atoms. The quantitative estimate of drug-likeness (QED) is 0.563. The lowest BCUT2D eigenvalue weighted by atomic mass is 9.99. The van der Waals surface area contributed by atoms with E-state index in [-0.39, 0.29) is 5.91 Å². The topological polar surface area (TPSA) is 58.8 Å². The summed E-state index contributed by atoms with van der Waals surface area (Å²) in [6, 6.07) is 15.5. The third kappa shape index (κ3) is 3.73. The van der Waals surface area contributed by atoms with Gasteiger partial charge in [0.25, 0.3) is 0 Å². The molecule has 2 fully saturated rings. The molecule has 1 amide bonds. The Balaban J connectivity index is 1.29. The van der Waals surface area contributed by atoms with Gasteiger partial charge in [0.05, 0.1) is 18.2 Å². The Kier molecular flexibility index (Phi) is 5.33. The summed E-state index contributed by atoms with van der Waals surface area (Å²) in [6.45, 7) is 5.04. The van der Waals surface area contributed by atoms with E-state index in [4.69, 9.17) is 20.9 Å². The average molecular weight is 452 g/mol. The molecular weight excluding hydrogens is 426 g/mol. The SMILES string of the molecule is COc1cccc(-c2cc(C3(C(=O)N4CCN(c5cc(Cl)ccc5C)CC4)CC3)no2)c1. The lowest BCUT2D eigenvalue weighted by Crippen LogP contribution is -2.51. The second kappa shape index (κ2) is 8.17. The number of rotatable bonds is 5. The highest BCUT2D eigenvalue weighted by Crippen LogP contribution is 2.50. The van der Waals surface area contributed by atoms with Gasteiger partial charge in [0.2, 0.25) is 5.91 Å². The van der Waals surface area contributed by atoms with Crippen LogP contribution < -0.4 is 9.64 Å². The molecule has 0 atom stereocenters. The van der Waals surface area contributed by atoms with Gasteiger partial charge in [-0.25, -0.2) is 0 Å². The van der Waals surface area contributed by atoms with Gasteiger partial charge >= 0.3 is 0 Å². The van der Waals surface area contributed by atoms with Gasteiger partial charge in [-0.05, 0) is 49.6 Å². The molecule has 166 valence electrons. The number of carbonyl (C=O) groups is 1. The number of piperazine rings is 1. The molecule has 7 heteroatoms. The standard InChI is InChI=1S/C25H26ClN3O3/c1-17-6-7-19(26)15-21(17)28-10-12-29(13-11-28)24(30)25(8-9-25)23-16-22(32-27-23)18-4-3-5-20(14-18)31-2/h3-7,14-16H,8-13H2,1-2H3. The molecule has 6 nitrogen and oxygen atoms in total. The van der Waals surface area contributed by atoms with E-state index in [1.165, 1.54) is 5.56 Å². The molecule has 1 aliphatic heterocycles. The number of benzene rings is 2. The third-order valence-electron chi connectivity index (χ3n) is 6.59. The summed E-state index contributed by atoms with van der Waals surface area (Å²) in [7, 11) is 1.64. The number of ether oxygens (including phenoxy) is 1. The summed E-state index contributed by atoms with van der Waals surface area (Å²) < 4.78 is 10.9. The first-order chi connectivity index (χ1) is 15.5. The maximum atomic E-state index is 13.5. The normalized spacial score (nSPS) is 17.3. The Labute approximate surface area is 192 Å². The fourth-order valence-corrected chi connectivity index (χ4v) is 4.66. The fourth-order valence-electron chi connectivity index (χ4n) is 4.49. The number of carbonyl (C=O) groups excluding carboxylic acids is 1. The molecule has 0 radical (unpaired) electrons. The second-order valence-corrected chi connectivity index (χ2v) is 9.04. The molecule has 0 unspecified atom stereocenters. The fraction of sp³-hybridized carbons (Fsp3) is 0.360. The van der Waals surface area contributed by atoms with Crippen LogP contribution >= 0.6 is 11.6 Å². The van der Waals surface area contributed by atoms with E-state index < -0.39 is 5.41 Å². The van der Waals surface area contributed by atoms with Crippen molar-refractivity contribution in [1.82, 2.24) is 10.1 Å². The highest BCUT2D eigenvalue weighted by molar-refractivity contribution is 6.30. The Morgan fingerprint density at radius 3 is 2.59 bits per heavy atom. The van der Waals surface area contributed by atoms with Crippen LogP contribution in [0, 0.1) is 6.92 Å². The smallest absolute Gasteiger partial charge is 0.235 e. The van der Waals surface area contributed by atoms with Crippen molar-refractivity contribution >= 4 is 23.2 Å². The van der Waals surface area contributed by atoms with Crippen LogP contribution in [-0.2, 0) is 10.2 Å². The zero-order valence-corrected chi connectivity index (χ0v) is 19.1. The maximum Gasteiger partial charge on any atom is 0.235 e. The zero-order valence-electron chi connectivity index (χ0n) is 18.3. The largest absolute Gasteiger partial charge is 0.497 e. The van der Waals surface area contributed by atoms with E-state index >= 15 is 0 Å². The molecular formula is C25H26ClN3O3. The van der Waals surface area contributed by atoms with E-state index in [1.54, 1.807) is 7.11 Å². The first kappa shape index (κ1) is 20.9. The molecule has 0 N–H and O–H groups in total. The van der Waals surface area contributed by atoms with E-state index in [0.717, 1.165) is 53.6 Å². The van der Waals surface area contributed by atoms with Crippen LogP contribution in [0.25, 0.3) is 11.3 Å². The van der Waals surface area contributed by atoms with Crippen molar-refractivity contribution < 1.29 is 14.1 Å². The van der Waals surface area contributed by atoms with Crippen LogP contribution in [0.3, 0.4) is 0 Å². The Morgan fingerprint density at radius 2 is 1.88 bits per heavy atom. The molecule has 3 aromatic rings. The number of aryl methyl sites for hydroxylation is 1. The van der Waals surface area contributed by atoms with Crippen LogP contribution in [0.15, 0.2) is 53.1 Å². The van der Waals surface area contributed by atoms with E-state index in [0.29, 0.717) is 18.8 Å². The highest BCUT2D eigenvalue weighted by atomic mass is 35.5. The first-order valence-electron chi connectivity index (χ1n) is 10.9. The van der Waals surface area contributed by atoms with Crippen molar-refractivity contribution in [2.75, 3.05) is 38.2 Å². The van der Waals surface area contributed by atoms with Gasteiger partial charge in [-0.2, -0.15) is 0 Å². The van der Waals surface area contributed by atoms with E-state index in [9.17, 15) is 4.79 Å². The zero-order chi connectivity index (χ0) is 22.3. The number of nitrogens with zero attached hydrogens (tertiary/aromatic N) is 3. The van der Waals surface area contributed by atoms with Gasteiger partial charge < -0.3 is 19.1 Å². The minimum Gasteiger partial charge on any atom is -0.497 e. The summed E-state index contributed by atoms with van der Waals surface area (Å²) in [6.07, 6.45) is 1.62. The van der Waals surface area contributed by atoms with Gasteiger partial charge in [-0.15, -0.1) is 0 Å². The van der Waals surface area contributed by atoms with Crippen LogP contribution in [0.2, 0.25) is 5.02 Å². The average Bonchev–Trinajstić information content (AvgIpc) is 3.49. The monoisotopic (exact) mass is 451 g/mol. The minimum atomic E-state index is -0.547. The molecule has 2 aromatic carbocycles. The molecule has 0 spiro atoms.